The van der Waals surface area contributed by atoms with E-state index in [4.69, 9.17) is 0 Å². The van der Waals surface area contributed by atoms with Gasteiger partial charge in [-0.2, -0.15) is 13.2 Å². The second kappa shape index (κ2) is 15.8. The fourth-order valence-electron chi connectivity index (χ4n) is 5.73. The first-order valence-corrected chi connectivity index (χ1v) is 15.4. The summed E-state index contributed by atoms with van der Waals surface area (Å²) in [6.07, 6.45) is 1.93. The average molecular weight is 809 g/mol. The summed E-state index contributed by atoms with van der Waals surface area (Å²) in [6.45, 7) is 9.77. The van der Waals surface area contributed by atoms with Crippen molar-refractivity contribution >= 4 is 38.1 Å². The molecule has 0 spiro atoms. The van der Waals surface area contributed by atoms with E-state index in [1.807, 2.05) is 33.8 Å². The molecule has 245 valence electrons. The van der Waals surface area contributed by atoms with Gasteiger partial charge in [-0.15, -0.1) is 23.6 Å². The molecule has 3 nitrogen and oxygen atoms in total. The summed E-state index contributed by atoms with van der Waals surface area (Å²) in [5.74, 6) is 0.246. The van der Waals surface area contributed by atoms with Crippen molar-refractivity contribution in [1.29, 1.82) is 0 Å². The van der Waals surface area contributed by atoms with Crippen molar-refractivity contribution < 1.29 is 47.6 Å². The first-order valence-electron chi connectivity index (χ1n) is 15.4. The van der Waals surface area contributed by atoms with E-state index in [1.165, 1.54) is 18.3 Å². The van der Waals surface area contributed by atoms with E-state index in [0.29, 0.717) is 32.8 Å². The summed E-state index contributed by atoms with van der Waals surface area (Å²) < 4.78 is 55.8. The Kier molecular flexibility index (Phi) is 12.7. The number of rotatable bonds is 8. The Balaban J connectivity index is 0.000000309. The first kappa shape index (κ1) is 36.9. The fraction of sp³-hybridized carbons (Fsp3) is 0.316. The van der Waals surface area contributed by atoms with Crippen molar-refractivity contribution in [2.45, 2.75) is 66.5 Å². The zero-order valence-electron chi connectivity index (χ0n) is 26.6. The number of hydrogen-bond donors (Lipinski definition) is 1. The number of aromatic nitrogens is 1. The zero-order chi connectivity index (χ0) is 32.9. The number of carbonyl (C=O) groups excluding carboxylic acids is 1. The molecule has 0 aliphatic carbocycles. The number of aryl methyl sites for hydroxylation is 1. The molecule has 5 aromatic rings. The predicted octanol–water partition coefficient (Wildman–Crippen LogP) is 11.3. The number of alkyl halides is 3. The van der Waals surface area contributed by atoms with Crippen molar-refractivity contribution in [3.8, 4) is 11.3 Å². The quantitative estimate of drug-likeness (QED) is 0.0558. The predicted molar refractivity (Wildman–Crippen MR) is 175 cm³/mol. The van der Waals surface area contributed by atoms with Gasteiger partial charge in [0, 0.05) is 55.3 Å². The Hall–Kier alpha value is -3.61. The number of nitrogens with zero attached hydrogens (tertiary/aromatic N) is 1. The molecule has 1 aromatic heterocycles. The van der Waals surface area contributed by atoms with Gasteiger partial charge in [-0.1, -0.05) is 81.1 Å². The third-order valence-corrected chi connectivity index (χ3v) is 8.49. The Morgan fingerprint density at radius 3 is 2.07 bits per heavy atom. The van der Waals surface area contributed by atoms with Gasteiger partial charge in [0.05, 0.1) is 5.76 Å². The molecule has 0 unspecified atom stereocenters. The van der Waals surface area contributed by atoms with Crippen LogP contribution in [0.3, 0.4) is 0 Å². The monoisotopic (exact) mass is 809 g/mol. The largest absolute Gasteiger partial charge is 0.512 e. The summed E-state index contributed by atoms with van der Waals surface area (Å²) in [6, 6.07) is 19.1. The van der Waals surface area contributed by atoms with Gasteiger partial charge in [0.15, 0.2) is 5.78 Å². The van der Waals surface area contributed by atoms with Gasteiger partial charge in [-0.05, 0) is 66.0 Å². The van der Waals surface area contributed by atoms with Crippen LogP contribution in [0.15, 0.2) is 78.7 Å². The average Bonchev–Trinajstić information content (AvgIpc) is 3.02. The Morgan fingerprint density at radius 2 is 1.43 bits per heavy atom. The fourth-order valence-corrected chi connectivity index (χ4v) is 5.73. The summed E-state index contributed by atoms with van der Waals surface area (Å²) in [4.78, 5) is 16.1. The normalized spacial score (nSPS) is 12.0. The molecule has 0 atom stereocenters. The number of pyridine rings is 1. The van der Waals surface area contributed by atoms with Crippen molar-refractivity contribution in [1.82, 2.24) is 4.98 Å². The van der Waals surface area contributed by atoms with Crippen LogP contribution in [0.5, 0.6) is 0 Å². The molecular weight excluding hydrogens is 771 g/mol. The molecule has 0 saturated carbocycles. The molecule has 5 rings (SSSR count). The van der Waals surface area contributed by atoms with Crippen LogP contribution in [0.1, 0.15) is 64.5 Å². The Morgan fingerprint density at radius 1 is 0.848 bits per heavy atom. The minimum Gasteiger partial charge on any atom is -0.512 e. The van der Waals surface area contributed by atoms with Gasteiger partial charge in [0.25, 0.3) is 0 Å². The molecule has 1 N–H and O–H groups in total. The van der Waals surface area contributed by atoms with Crippen LogP contribution in [0.25, 0.3) is 43.6 Å². The smallest absolute Gasteiger partial charge is 0.403 e. The van der Waals surface area contributed by atoms with Crippen molar-refractivity contribution in [3.63, 3.8) is 0 Å². The number of allylic oxidation sites excluding steroid dienone is 2. The van der Waals surface area contributed by atoms with Gasteiger partial charge in [-0.3, -0.25) is 9.78 Å². The molecule has 0 aliphatic rings. The van der Waals surface area contributed by atoms with E-state index in [1.54, 1.807) is 49.4 Å². The third kappa shape index (κ3) is 7.84. The van der Waals surface area contributed by atoms with Crippen LogP contribution in [0, 0.1) is 30.6 Å². The number of aliphatic hydroxyl groups excluding tert-OH is 1. The van der Waals surface area contributed by atoms with E-state index in [-0.39, 0.29) is 60.3 Å². The molecule has 8 heteroatoms. The summed E-state index contributed by atoms with van der Waals surface area (Å²) in [7, 11) is 0. The van der Waals surface area contributed by atoms with Gasteiger partial charge in [0.2, 0.25) is 0 Å². The number of carbonyl (C=O) groups is 1. The minimum absolute atomic E-state index is 0. The maximum Gasteiger partial charge on any atom is 0.403 e. The van der Waals surface area contributed by atoms with E-state index in [2.05, 4.69) is 11.1 Å². The van der Waals surface area contributed by atoms with Gasteiger partial charge >= 0.3 is 6.18 Å². The van der Waals surface area contributed by atoms with E-state index in [0.717, 1.165) is 37.1 Å². The van der Waals surface area contributed by atoms with Crippen LogP contribution in [-0.4, -0.2) is 15.9 Å². The standard InChI is InChI=1S/C25H14F4N.C13H24O2.Ir/c1-14-6-7-18-19-10-11-30-24(21(19)9-8-20(18)23(14)26)16-12-15-4-2-3-5-17(15)22(13-16)25(27,28)29;1-5-10(6-2)12(14)9-13(15)11(7-3)8-4;/h2-11,13H,1H3;9-11,14H,5-8H2,1-4H3;/q-1;;/b;12-9-;. The number of fused-ring (bicyclic) bond motifs is 4. The van der Waals surface area contributed by atoms with Gasteiger partial charge in [0.1, 0.15) is 5.82 Å². The molecule has 0 bridgehead atoms. The molecule has 1 radical (unpaired) electrons. The van der Waals surface area contributed by atoms with Crippen molar-refractivity contribution in [3.05, 3.63) is 102 Å². The first-order chi connectivity index (χ1) is 21.4. The molecule has 4 aromatic carbocycles. The van der Waals surface area contributed by atoms with E-state index >= 15 is 0 Å². The van der Waals surface area contributed by atoms with E-state index < -0.39 is 11.7 Å². The summed E-state index contributed by atoms with van der Waals surface area (Å²) in [5.41, 5.74) is 0.437. The Bertz CT molecular complexity index is 1860. The van der Waals surface area contributed by atoms with Crippen LogP contribution >= 0.6 is 0 Å². The topological polar surface area (TPSA) is 50.2 Å². The van der Waals surface area contributed by atoms with Crippen LogP contribution < -0.4 is 0 Å². The maximum absolute atomic E-state index is 14.6. The van der Waals surface area contributed by atoms with Crippen molar-refractivity contribution in [2.24, 2.45) is 11.8 Å². The molecule has 0 aliphatic heterocycles. The minimum atomic E-state index is -4.51. The van der Waals surface area contributed by atoms with Crippen molar-refractivity contribution in [2.75, 3.05) is 0 Å². The maximum atomic E-state index is 14.6. The summed E-state index contributed by atoms with van der Waals surface area (Å²) >= 11 is 0. The van der Waals surface area contributed by atoms with Crippen LogP contribution in [0.4, 0.5) is 17.6 Å². The van der Waals surface area contributed by atoms with Crippen LogP contribution in [0.2, 0.25) is 0 Å². The van der Waals surface area contributed by atoms with Gasteiger partial charge in [-0.25, -0.2) is 4.39 Å². The SMILES string of the molecule is CCC(CC)C(=O)/C=C(\O)C(CC)CC.Cc1ccc2c(ccc3c(-c4[c-]c5ccccc5c(C(F)(F)F)c4)nccc32)c1F.[Ir]. The molecule has 0 saturated heterocycles. The van der Waals surface area contributed by atoms with Gasteiger partial charge < -0.3 is 5.11 Å². The summed E-state index contributed by atoms with van der Waals surface area (Å²) in [5, 5.41) is 12.8. The molecular formula is C38H38F4IrNO2-. The third-order valence-electron chi connectivity index (χ3n) is 8.49. The number of halogens is 4. The molecule has 0 amide bonds. The number of ketones is 1. The second-order valence-electron chi connectivity index (χ2n) is 11.3. The number of aliphatic hydroxyl groups is 1. The number of hydrogen-bond acceptors (Lipinski definition) is 3. The number of benzene rings is 4. The molecule has 1 heterocycles. The molecule has 0 fully saturated rings. The zero-order valence-corrected chi connectivity index (χ0v) is 29.0. The molecule has 46 heavy (non-hydrogen) atoms. The van der Waals surface area contributed by atoms with E-state index in [9.17, 15) is 27.5 Å². The Labute approximate surface area is 281 Å². The second-order valence-corrected chi connectivity index (χ2v) is 11.3. The van der Waals surface area contributed by atoms with Crippen LogP contribution in [-0.2, 0) is 31.1 Å².